The first-order chi connectivity index (χ1) is 6.58. The summed E-state index contributed by atoms with van der Waals surface area (Å²) in [5, 5.41) is 0. The van der Waals surface area contributed by atoms with Gasteiger partial charge in [-0.25, -0.2) is 0 Å². The fourth-order valence-corrected chi connectivity index (χ4v) is 0.282. The highest BCUT2D eigenvalue weighted by molar-refractivity contribution is 5.24. The molecule has 0 aliphatic heterocycles. The van der Waals surface area contributed by atoms with Crippen LogP contribution >= 0.6 is 0 Å². The van der Waals surface area contributed by atoms with Gasteiger partial charge in [0.25, 0.3) is 0 Å². The lowest BCUT2D eigenvalue weighted by molar-refractivity contribution is 1.50. The van der Waals surface area contributed by atoms with Crippen LogP contribution in [0.15, 0.2) is 61.8 Å². The number of allylic oxidation sites excluding steroid dienone is 6. The van der Waals surface area contributed by atoms with Crippen molar-refractivity contribution in [2.75, 3.05) is 0 Å². The molecule has 0 nitrogen and oxygen atoms in total. The van der Waals surface area contributed by atoms with Crippen LogP contribution in [0.1, 0.15) is 27.7 Å². The van der Waals surface area contributed by atoms with Crippen LogP contribution in [0, 0.1) is 0 Å². The Kier molecular flexibility index (Phi) is 23.4. The topological polar surface area (TPSA) is 0 Å². The fraction of sp³-hybridized carbons (Fsp3) is 0.286. The Morgan fingerprint density at radius 3 is 1.43 bits per heavy atom. The molecule has 0 aromatic heterocycles. The lowest BCUT2D eigenvalue weighted by atomic mass is 10.3. The molecule has 0 aliphatic carbocycles. The van der Waals surface area contributed by atoms with Crippen molar-refractivity contribution in [2.45, 2.75) is 27.7 Å². The molecular formula is C14H24. The quantitative estimate of drug-likeness (QED) is 0.547. The Bertz CT molecular complexity index is 192. The lowest BCUT2D eigenvalue weighted by Crippen LogP contribution is -1.58. The van der Waals surface area contributed by atoms with Crippen molar-refractivity contribution >= 4 is 0 Å². The van der Waals surface area contributed by atoms with E-state index in [2.05, 4.69) is 26.3 Å². The third-order valence-electron chi connectivity index (χ3n) is 0.991. The number of hydrogen-bond donors (Lipinski definition) is 0. The van der Waals surface area contributed by atoms with Gasteiger partial charge in [-0.05, 0) is 19.4 Å². The first kappa shape index (κ1) is 18.5. The van der Waals surface area contributed by atoms with E-state index in [1.54, 1.807) is 12.2 Å². The summed E-state index contributed by atoms with van der Waals surface area (Å²) >= 11 is 0. The minimum Gasteiger partial charge on any atom is -0.0988 e. The summed E-state index contributed by atoms with van der Waals surface area (Å²) in [7, 11) is 0. The van der Waals surface area contributed by atoms with Gasteiger partial charge in [-0.1, -0.05) is 70.0 Å². The second-order valence-electron chi connectivity index (χ2n) is 2.33. The zero-order chi connectivity index (χ0) is 12.0. The zero-order valence-electron chi connectivity index (χ0n) is 10.1. The van der Waals surface area contributed by atoms with Crippen molar-refractivity contribution < 1.29 is 0 Å². The van der Waals surface area contributed by atoms with E-state index < -0.39 is 0 Å². The van der Waals surface area contributed by atoms with Crippen LogP contribution in [0.5, 0.6) is 0 Å². The Hall–Kier alpha value is -1.30. The molecule has 0 rings (SSSR count). The molecule has 0 saturated heterocycles. The van der Waals surface area contributed by atoms with Crippen LogP contribution in [0.2, 0.25) is 0 Å². The highest BCUT2D eigenvalue weighted by Gasteiger charge is 1.69. The molecule has 0 amide bonds. The smallest absolute Gasteiger partial charge is 0.0338 e. The van der Waals surface area contributed by atoms with Crippen LogP contribution in [0.3, 0.4) is 0 Å². The van der Waals surface area contributed by atoms with Gasteiger partial charge < -0.3 is 0 Å². The second kappa shape index (κ2) is 17.7. The van der Waals surface area contributed by atoms with E-state index in [4.69, 9.17) is 0 Å². The van der Waals surface area contributed by atoms with Gasteiger partial charge in [0.1, 0.15) is 0 Å². The van der Waals surface area contributed by atoms with Crippen LogP contribution in [0.25, 0.3) is 0 Å². The van der Waals surface area contributed by atoms with Crippen molar-refractivity contribution in [1.29, 1.82) is 0 Å². The summed E-state index contributed by atoms with van der Waals surface area (Å²) < 4.78 is 0. The zero-order valence-corrected chi connectivity index (χ0v) is 10.1. The molecule has 0 bridgehead atoms. The van der Waals surface area contributed by atoms with Crippen molar-refractivity contribution in [2.24, 2.45) is 0 Å². The average Bonchev–Trinajstić information content (AvgIpc) is 2.22. The van der Waals surface area contributed by atoms with E-state index in [0.717, 1.165) is 11.1 Å². The van der Waals surface area contributed by atoms with Crippen molar-refractivity contribution in [3.05, 3.63) is 61.8 Å². The largest absolute Gasteiger partial charge is 0.0988 e. The molecule has 0 aromatic carbocycles. The highest BCUT2D eigenvalue weighted by Crippen LogP contribution is 1.90. The number of rotatable bonds is 3. The summed E-state index contributed by atoms with van der Waals surface area (Å²) in [5.74, 6) is 0. The van der Waals surface area contributed by atoms with Gasteiger partial charge in [-0.15, -0.1) is 0 Å². The lowest BCUT2D eigenvalue weighted by Gasteiger charge is -1.79. The molecule has 0 saturated carbocycles. The van der Waals surface area contributed by atoms with E-state index in [0.29, 0.717) is 0 Å². The molecule has 0 unspecified atom stereocenters. The van der Waals surface area contributed by atoms with E-state index in [9.17, 15) is 0 Å². The standard InChI is InChI=1S/C7H10.C5H8.C2H6/c1-4-6-7(3)5-2;1-4-5(2)3;1-2/h4-6H,2-3H2,1H3;4H,1-2H2,3H3;1-2H3/b6-4+;;. The van der Waals surface area contributed by atoms with E-state index in [1.165, 1.54) is 0 Å². The first-order valence-corrected chi connectivity index (χ1v) is 4.80. The Balaban J connectivity index is -0.000000152. The van der Waals surface area contributed by atoms with E-state index in [1.807, 2.05) is 39.8 Å². The summed E-state index contributed by atoms with van der Waals surface area (Å²) in [6.45, 7) is 22.1. The molecule has 14 heavy (non-hydrogen) atoms. The van der Waals surface area contributed by atoms with Gasteiger partial charge >= 0.3 is 0 Å². The van der Waals surface area contributed by atoms with Gasteiger partial charge in [0.15, 0.2) is 0 Å². The molecule has 0 atom stereocenters. The summed E-state index contributed by atoms with van der Waals surface area (Å²) in [4.78, 5) is 0. The van der Waals surface area contributed by atoms with E-state index in [-0.39, 0.29) is 0 Å². The summed E-state index contributed by atoms with van der Waals surface area (Å²) in [6.07, 6.45) is 7.29. The third-order valence-corrected chi connectivity index (χ3v) is 0.991. The van der Waals surface area contributed by atoms with Crippen LogP contribution in [-0.2, 0) is 0 Å². The van der Waals surface area contributed by atoms with Crippen LogP contribution in [0.4, 0.5) is 0 Å². The molecule has 0 heteroatoms. The Morgan fingerprint density at radius 1 is 1.00 bits per heavy atom. The third kappa shape index (κ3) is 31.0. The van der Waals surface area contributed by atoms with Gasteiger partial charge in [0.05, 0.1) is 0 Å². The minimum absolute atomic E-state index is 0.961. The molecule has 0 fully saturated rings. The van der Waals surface area contributed by atoms with Crippen molar-refractivity contribution in [1.82, 2.24) is 0 Å². The highest BCUT2D eigenvalue weighted by atomic mass is 13.8. The maximum atomic E-state index is 3.66. The van der Waals surface area contributed by atoms with Crippen molar-refractivity contribution in [3.63, 3.8) is 0 Å². The van der Waals surface area contributed by atoms with Crippen molar-refractivity contribution in [3.8, 4) is 0 Å². The molecule has 0 spiro atoms. The van der Waals surface area contributed by atoms with E-state index >= 15 is 0 Å². The monoisotopic (exact) mass is 192 g/mol. The Morgan fingerprint density at radius 2 is 1.36 bits per heavy atom. The first-order valence-electron chi connectivity index (χ1n) is 4.80. The maximum absolute atomic E-state index is 3.66. The molecule has 0 aliphatic rings. The average molecular weight is 192 g/mol. The molecule has 0 heterocycles. The SMILES string of the molecule is C=CC(=C)/C=C/C.C=CC(=C)C.CC. The fourth-order valence-electron chi connectivity index (χ4n) is 0.282. The van der Waals surface area contributed by atoms with Crippen LogP contribution in [-0.4, -0.2) is 0 Å². The molecule has 0 N–H and O–H groups in total. The molecular weight excluding hydrogens is 168 g/mol. The minimum atomic E-state index is 0.961. The molecule has 0 aromatic rings. The second-order valence-corrected chi connectivity index (χ2v) is 2.33. The molecule has 0 radical (unpaired) electrons. The normalized spacial score (nSPS) is 7.43. The van der Waals surface area contributed by atoms with Gasteiger partial charge in [-0.3, -0.25) is 0 Å². The van der Waals surface area contributed by atoms with Gasteiger partial charge in [0.2, 0.25) is 0 Å². The Labute approximate surface area is 90.0 Å². The summed E-state index contributed by atoms with van der Waals surface area (Å²) in [6, 6.07) is 0. The van der Waals surface area contributed by atoms with Gasteiger partial charge in [0, 0.05) is 0 Å². The van der Waals surface area contributed by atoms with Gasteiger partial charge in [-0.2, -0.15) is 0 Å². The molecule has 80 valence electrons. The predicted molar refractivity (Wildman–Crippen MR) is 70.5 cm³/mol. The number of hydrogen-bond acceptors (Lipinski definition) is 0. The predicted octanol–water partition coefficient (Wildman–Crippen LogP) is 5.08. The summed E-state index contributed by atoms with van der Waals surface area (Å²) in [5.41, 5.74) is 1.98. The maximum Gasteiger partial charge on any atom is -0.0338 e. The van der Waals surface area contributed by atoms with Crippen LogP contribution < -0.4 is 0 Å².